The number of aromatic hydroxyl groups is 1. The molecule has 0 radical (unpaired) electrons. The number of fused-ring (bicyclic) bond motifs is 1. The van der Waals surface area contributed by atoms with Gasteiger partial charge in [-0.2, -0.15) is 0 Å². The summed E-state index contributed by atoms with van der Waals surface area (Å²) in [7, 11) is -3.63. The van der Waals surface area contributed by atoms with E-state index in [0.29, 0.717) is 31.7 Å². The zero-order valence-corrected chi connectivity index (χ0v) is 21.5. The average molecular weight is 531 g/mol. The molecule has 1 aromatic heterocycles. The number of sulfonamides is 1. The van der Waals surface area contributed by atoms with Crippen LogP contribution in [-0.2, 0) is 10.0 Å². The molecule has 0 saturated carbocycles. The molecule has 2 N–H and O–H groups in total. The number of nitrogens with one attached hydrogen (secondary N) is 1. The number of hydrogen-bond donors (Lipinski definition) is 2. The van der Waals surface area contributed by atoms with Gasteiger partial charge in [-0.15, -0.1) is 0 Å². The Morgan fingerprint density at radius 1 is 0.895 bits per heavy atom. The minimum Gasteiger partial charge on any atom is -0.506 e. The molecule has 4 aromatic rings. The van der Waals surface area contributed by atoms with Gasteiger partial charge in [-0.05, 0) is 52.7 Å². The summed E-state index contributed by atoms with van der Waals surface area (Å²) < 4.78 is 24.6. The van der Waals surface area contributed by atoms with E-state index < -0.39 is 15.9 Å². The van der Waals surface area contributed by atoms with Crippen molar-refractivity contribution in [1.82, 2.24) is 14.6 Å². The predicted octanol–water partition coefficient (Wildman–Crippen LogP) is 3.26. The van der Waals surface area contributed by atoms with Crippen molar-refractivity contribution in [2.24, 2.45) is 0 Å². The van der Waals surface area contributed by atoms with E-state index in [1.165, 1.54) is 6.20 Å². The number of carbonyl (C=O) groups excluding carboxylic acids is 2. The van der Waals surface area contributed by atoms with Gasteiger partial charge in [-0.1, -0.05) is 30.3 Å². The fourth-order valence-electron chi connectivity index (χ4n) is 4.70. The first-order chi connectivity index (χ1) is 18.2. The Kier molecular flexibility index (Phi) is 6.73. The second kappa shape index (κ2) is 10.1. The molecule has 1 fully saturated rings. The summed E-state index contributed by atoms with van der Waals surface area (Å²) in [5.41, 5.74) is 3.42. The highest BCUT2D eigenvalue weighted by Crippen LogP contribution is 2.32. The van der Waals surface area contributed by atoms with Crippen LogP contribution in [0.5, 0.6) is 5.75 Å². The lowest BCUT2D eigenvalue weighted by Gasteiger charge is -2.36. The van der Waals surface area contributed by atoms with Gasteiger partial charge in [0.25, 0.3) is 11.8 Å². The van der Waals surface area contributed by atoms with Crippen molar-refractivity contribution in [2.75, 3.05) is 37.3 Å². The number of piperazine rings is 1. The molecule has 1 saturated heterocycles. The maximum Gasteiger partial charge on any atom is 0.264 e. The quantitative estimate of drug-likeness (QED) is 0.406. The molecule has 0 aliphatic carbocycles. The van der Waals surface area contributed by atoms with Gasteiger partial charge in [0.1, 0.15) is 5.75 Å². The van der Waals surface area contributed by atoms with E-state index in [1.807, 2.05) is 46.0 Å². The van der Waals surface area contributed by atoms with Crippen LogP contribution in [0.15, 0.2) is 79.1 Å². The number of benzene rings is 3. The lowest BCUT2D eigenvalue weighted by molar-refractivity contribution is 0.0748. The van der Waals surface area contributed by atoms with Crippen molar-refractivity contribution in [3.05, 3.63) is 90.3 Å². The van der Waals surface area contributed by atoms with E-state index in [9.17, 15) is 23.1 Å². The van der Waals surface area contributed by atoms with E-state index in [0.717, 1.165) is 33.8 Å². The van der Waals surface area contributed by atoms with Gasteiger partial charge in [0.2, 0.25) is 10.0 Å². The van der Waals surface area contributed by atoms with Crippen molar-refractivity contribution in [3.8, 4) is 16.9 Å². The van der Waals surface area contributed by atoms with Gasteiger partial charge >= 0.3 is 0 Å². The molecule has 2 amide bonds. The summed E-state index contributed by atoms with van der Waals surface area (Å²) in [5.74, 6) is -0.640. The van der Waals surface area contributed by atoms with Gasteiger partial charge < -0.3 is 14.9 Å². The normalized spacial score (nSPS) is 13.9. The molecule has 3 aromatic carbocycles. The summed E-state index contributed by atoms with van der Waals surface area (Å²) in [6.45, 7) is 2.29. The fourth-order valence-corrected chi connectivity index (χ4v) is 5.16. The van der Waals surface area contributed by atoms with Crippen LogP contribution in [-0.4, -0.2) is 67.7 Å². The Labute approximate surface area is 220 Å². The van der Waals surface area contributed by atoms with Crippen LogP contribution in [0.2, 0.25) is 0 Å². The zero-order chi connectivity index (χ0) is 26.9. The van der Waals surface area contributed by atoms with Crippen molar-refractivity contribution in [2.45, 2.75) is 0 Å². The van der Waals surface area contributed by atoms with E-state index in [-0.39, 0.29) is 17.2 Å². The number of pyridine rings is 1. The van der Waals surface area contributed by atoms with Gasteiger partial charge in [0.15, 0.2) is 0 Å². The van der Waals surface area contributed by atoms with Crippen LogP contribution < -0.4 is 9.62 Å². The minimum atomic E-state index is -3.63. The van der Waals surface area contributed by atoms with Gasteiger partial charge in [-0.3, -0.25) is 14.6 Å². The first-order valence-electron chi connectivity index (χ1n) is 12.0. The lowest BCUT2D eigenvalue weighted by Crippen LogP contribution is -2.48. The largest absolute Gasteiger partial charge is 0.506 e. The molecular weight excluding hydrogens is 504 g/mol. The Balaban J connectivity index is 1.31. The van der Waals surface area contributed by atoms with Crippen LogP contribution in [0.3, 0.4) is 0 Å². The van der Waals surface area contributed by atoms with Gasteiger partial charge in [0, 0.05) is 54.8 Å². The Morgan fingerprint density at radius 2 is 1.58 bits per heavy atom. The van der Waals surface area contributed by atoms with Crippen molar-refractivity contribution >= 4 is 38.3 Å². The average Bonchev–Trinajstić information content (AvgIpc) is 2.91. The number of hydrogen-bond acceptors (Lipinski definition) is 7. The van der Waals surface area contributed by atoms with E-state index in [4.69, 9.17) is 0 Å². The first-order valence-corrected chi connectivity index (χ1v) is 13.9. The molecule has 2 heterocycles. The number of anilines is 1. The van der Waals surface area contributed by atoms with E-state index in [1.54, 1.807) is 36.5 Å². The Morgan fingerprint density at radius 3 is 2.24 bits per heavy atom. The summed E-state index contributed by atoms with van der Waals surface area (Å²) >= 11 is 0. The fraction of sp³-hybridized carbons (Fsp3) is 0.179. The monoisotopic (exact) mass is 530 g/mol. The SMILES string of the molecule is CS(=O)(=O)NC(=O)c1ccc(N2CCN(C(=O)c3ccc(-c4cncc(O)c4)c4ccccc34)CC2)cc1. The smallest absolute Gasteiger partial charge is 0.264 e. The molecular formula is C28H26N4O5S. The molecule has 38 heavy (non-hydrogen) atoms. The van der Waals surface area contributed by atoms with Crippen LogP contribution in [0.4, 0.5) is 5.69 Å². The molecule has 0 atom stereocenters. The maximum absolute atomic E-state index is 13.6. The molecule has 0 unspecified atom stereocenters. The highest BCUT2D eigenvalue weighted by molar-refractivity contribution is 7.89. The third-order valence-electron chi connectivity index (χ3n) is 6.53. The van der Waals surface area contributed by atoms with Crippen LogP contribution >= 0.6 is 0 Å². The lowest BCUT2D eigenvalue weighted by atomic mass is 9.95. The predicted molar refractivity (Wildman–Crippen MR) is 146 cm³/mol. The van der Waals surface area contributed by atoms with Crippen LogP contribution in [0.25, 0.3) is 21.9 Å². The van der Waals surface area contributed by atoms with Crippen molar-refractivity contribution < 1.29 is 23.1 Å². The molecule has 1 aliphatic rings. The summed E-state index contributed by atoms with van der Waals surface area (Å²) in [6, 6.07) is 19.8. The van der Waals surface area contributed by atoms with Crippen LogP contribution in [0.1, 0.15) is 20.7 Å². The van der Waals surface area contributed by atoms with Crippen molar-refractivity contribution in [3.63, 3.8) is 0 Å². The topological polar surface area (TPSA) is 120 Å². The van der Waals surface area contributed by atoms with Crippen molar-refractivity contribution in [1.29, 1.82) is 0 Å². The summed E-state index contributed by atoms with van der Waals surface area (Å²) in [5, 5.41) is 11.6. The van der Waals surface area contributed by atoms with Crippen LogP contribution in [0, 0.1) is 0 Å². The second-order valence-electron chi connectivity index (χ2n) is 9.17. The molecule has 0 bridgehead atoms. The minimum absolute atomic E-state index is 0.0470. The number of amides is 2. The molecule has 0 spiro atoms. The highest BCUT2D eigenvalue weighted by atomic mass is 32.2. The Bertz CT molecular complexity index is 1630. The molecule has 1 aliphatic heterocycles. The zero-order valence-electron chi connectivity index (χ0n) is 20.7. The molecule has 9 nitrogen and oxygen atoms in total. The van der Waals surface area contributed by atoms with Gasteiger partial charge in [0.05, 0.1) is 12.5 Å². The number of nitrogens with zero attached hydrogens (tertiary/aromatic N) is 3. The Hall–Kier alpha value is -4.44. The number of carbonyl (C=O) groups is 2. The van der Waals surface area contributed by atoms with E-state index in [2.05, 4.69) is 9.88 Å². The molecule has 5 rings (SSSR count). The summed E-state index contributed by atoms with van der Waals surface area (Å²) in [6.07, 6.45) is 4.00. The molecule has 10 heteroatoms. The molecule has 194 valence electrons. The number of aromatic nitrogens is 1. The van der Waals surface area contributed by atoms with Gasteiger partial charge in [-0.25, -0.2) is 13.1 Å². The maximum atomic E-state index is 13.6. The highest BCUT2D eigenvalue weighted by Gasteiger charge is 2.24. The second-order valence-corrected chi connectivity index (χ2v) is 10.9. The van der Waals surface area contributed by atoms with E-state index >= 15 is 0 Å². The first kappa shape index (κ1) is 25.2. The number of rotatable bonds is 5. The third-order valence-corrected chi connectivity index (χ3v) is 7.09. The third kappa shape index (κ3) is 5.30. The summed E-state index contributed by atoms with van der Waals surface area (Å²) in [4.78, 5) is 33.6. The standard InChI is InChI=1S/C28H26N4O5S/c1-38(36,37)30-27(34)19-6-8-21(9-7-19)31-12-14-32(15-13-31)28(35)26-11-10-23(20-16-22(33)18-29-17-20)24-4-2-3-5-25(24)26/h2-11,16-18,33H,12-15H2,1H3,(H,30,34).